The van der Waals surface area contributed by atoms with E-state index in [-0.39, 0.29) is 22.2 Å². The standard InChI is InChI=1S/C16H15FINO5S/c1-22-14-6-10(7-15-16(14)24-9-23-15)13(18)8-19-25(20,21)12-4-2-11(17)3-5-12/h2-7,13,19H,8-9H2,1H3. The molecule has 6 nitrogen and oxygen atoms in total. The number of fused-ring (bicyclic) bond motifs is 1. The topological polar surface area (TPSA) is 73.9 Å². The minimum absolute atomic E-state index is 0.0146. The fourth-order valence-corrected chi connectivity index (χ4v) is 4.25. The Morgan fingerprint density at radius 3 is 2.68 bits per heavy atom. The fraction of sp³-hybridized carbons (Fsp3) is 0.250. The first-order valence-corrected chi connectivity index (χ1v) is 10.0. The van der Waals surface area contributed by atoms with Crippen molar-refractivity contribution >= 4 is 32.6 Å². The lowest BCUT2D eigenvalue weighted by Gasteiger charge is -2.14. The molecule has 1 unspecified atom stereocenters. The summed E-state index contributed by atoms with van der Waals surface area (Å²) >= 11 is 2.13. The summed E-state index contributed by atoms with van der Waals surface area (Å²) in [5.74, 6) is 1.16. The summed E-state index contributed by atoms with van der Waals surface area (Å²) in [4.78, 5) is 0.0146. The van der Waals surface area contributed by atoms with Gasteiger partial charge in [0.15, 0.2) is 11.5 Å². The Balaban J connectivity index is 1.74. The van der Waals surface area contributed by atoms with E-state index in [0.29, 0.717) is 17.2 Å². The summed E-state index contributed by atoms with van der Waals surface area (Å²) in [6.07, 6.45) is 0. The van der Waals surface area contributed by atoms with Crippen LogP contribution in [0.15, 0.2) is 41.3 Å². The van der Waals surface area contributed by atoms with Crippen LogP contribution in [0.5, 0.6) is 17.2 Å². The largest absolute Gasteiger partial charge is 0.493 e. The average Bonchev–Trinajstić information content (AvgIpc) is 3.08. The van der Waals surface area contributed by atoms with Crippen LogP contribution in [-0.4, -0.2) is 28.9 Å². The number of hydrogen-bond acceptors (Lipinski definition) is 5. The van der Waals surface area contributed by atoms with E-state index in [1.165, 1.54) is 19.2 Å². The first kappa shape index (κ1) is 18.2. The lowest BCUT2D eigenvalue weighted by Crippen LogP contribution is -2.27. The number of rotatable bonds is 6. The number of alkyl halides is 1. The third-order valence-electron chi connectivity index (χ3n) is 3.62. The molecule has 2 aromatic rings. The second kappa shape index (κ2) is 7.34. The van der Waals surface area contributed by atoms with Crippen LogP contribution < -0.4 is 18.9 Å². The van der Waals surface area contributed by atoms with Crippen LogP contribution in [-0.2, 0) is 10.0 Å². The van der Waals surface area contributed by atoms with Crippen molar-refractivity contribution in [1.82, 2.24) is 4.72 Å². The zero-order chi connectivity index (χ0) is 18.0. The molecule has 9 heteroatoms. The Morgan fingerprint density at radius 1 is 1.28 bits per heavy atom. The van der Waals surface area contributed by atoms with Gasteiger partial charge in [-0.2, -0.15) is 0 Å². The van der Waals surface area contributed by atoms with Crippen molar-refractivity contribution in [2.24, 2.45) is 0 Å². The Bertz CT molecular complexity index is 873. The molecule has 0 amide bonds. The highest BCUT2D eigenvalue weighted by atomic mass is 127. The monoisotopic (exact) mass is 479 g/mol. The van der Waals surface area contributed by atoms with Crippen molar-refractivity contribution < 1.29 is 27.0 Å². The zero-order valence-electron chi connectivity index (χ0n) is 13.2. The van der Waals surface area contributed by atoms with Crippen molar-refractivity contribution in [2.75, 3.05) is 20.4 Å². The molecule has 0 spiro atoms. The molecule has 0 saturated heterocycles. The number of sulfonamides is 1. The van der Waals surface area contributed by atoms with Gasteiger partial charge in [-0.3, -0.25) is 0 Å². The van der Waals surface area contributed by atoms with Gasteiger partial charge in [-0.05, 0) is 42.0 Å². The molecule has 0 fully saturated rings. The molecule has 1 atom stereocenters. The first-order valence-electron chi connectivity index (χ1n) is 7.27. The minimum Gasteiger partial charge on any atom is -0.493 e. The number of nitrogens with one attached hydrogen (secondary N) is 1. The van der Waals surface area contributed by atoms with E-state index in [1.807, 2.05) is 0 Å². The van der Waals surface area contributed by atoms with Crippen molar-refractivity contribution in [2.45, 2.75) is 8.82 Å². The molecule has 0 bridgehead atoms. The van der Waals surface area contributed by atoms with Crippen LogP contribution in [0.4, 0.5) is 4.39 Å². The fourth-order valence-electron chi connectivity index (χ4n) is 2.33. The summed E-state index contributed by atoms with van der Waals surface area (Å²) < 4.78 is 55.9. The summed E-state index contributed by atoms with van der Waals surface area (Å²) in [5, 5.41) is 0. The number of ether oxygens (including phenoxy) is 3. The number of methoxy groups -OCH3 is 1. The predicted octanol–water partition coefficient (Wildman–Crippen LogP) is 3.02. The summed E-state index contributed by atoms with van der Waals surface area (Å²) in [6.45, 7) is 0.279. The maximum absolute atomic E-state index is 12.9. The van der Waals surface area contributed by atoms with E-state index in [0.717, 1.165) is 17.7 Å². The van der Waals surface area contributed by atoms with Crippen LogP contribution >= 0.6 is 22.6 Å². The van der Waals surface area contributed by atoms with Crippen LogP contribution in [0.3, 0.4) is 0 Å². The minimum atomic E-state index is -3.72. The molecule has 25 heavy (non-hydrogen) atoms. The first-order chi connectivity index (χ1) is 11.9. The van der Waals surface area contributed by atoms with E-state index in [2.05, 4.69) is 27.3 Å². The van der Waals surface area contributed by atoms with E-state index >= 15 is 0 Å². The van der Waals surface area contributed by atoms with Gasteiger partial charge in [0.2, 0.25) is 22.6 Å². The molecular weight excluding hydrogens is 464 g/mol. The maximum atomic E-state index is 12.9. The van der Waals surface area contributed by atoms with E-state index < -0.39 is 15.8 Å². The summed E-state index contributed by atoms with van der Waals surface area (Å²) in [6, 6.07) is 8.26. The van der Waals surface area contributed by atoms with Gasteiger partial charge < -0.3 is 14.2 Å². The van der Waals surface area contributed by atoms with Gasteiger partial charge >= 0.3 is 0 Å². The number of halogens is 2. The molecular formula is C16H15FINO5S. The molecule has 0 radical (unpaired) electrons. The van der Waals surface area contributed by atoms with Crippen LogP contribution in [0, 0.1) is 5.82 Å². The lowest BCUT2D eigenvalue weighted by atomic mass is 10.1. The highest BCUT2D eigenvalue weighted by Crippen LogP contribution is 2.44. The van der Waals surface area contributed by atoms with Gasteiger partial charge in [0.05, 0.1) is 12.0 Å². The molecule has 134 valence electrons. The van der Waals surface area contributed by atoms with Crippen LogP contribution in [0.25, 0.3) is 0 Å². The van der Waals surface area contributed by atoms with E-state index in [9.17, 15) is 12.8 Å². The quantitative estimate of drug-likeness (QED) is 0.510. The lowest BCUT2D eigenvalue weighted by molar-refractivity contribution is 0.171. The molecule has 0 saturated carbocycles. The zero-order valence-corrected chi connectivity index (χ0v) is 16.1. The highest BCUT2D eigenvalue weighted by Gasteiger charge is 2.23. The Labute approximate surface area is 158 Å². The van der Waals surface area contributed by atoms with Gasteiger partial charge in [0.25, 0.3) is 0 Å². The Hall–Kier alpha value is -1.59. The van der Waals surface area contributed by atoms with Gasteiger partial charge in [0.1, 0.15) is 5.82 Å². The van der Waals surface area contributed by atoms with Gasteiger partial charge in [-0.15, -0.1) is 0 Å². The predicted molar refractivity (Wildman–Crippen MR) is 97.5 cm³/mol. The van der Waals surface area contributed by atoms with E-state index in [1.54, 1.807) is 12.1 Å². The smallest absolute Gasteiger partial charge is 0.240 e. The molecule has 0 aromatic heterocycles. The Kier molecular flexibility index (Phi) is 5.35. The number of benzene rings is 2. The Morgan fingerprint density at radius 2 is 2.00 bits per heavy atom. The number of hydrogen-bond donors (Lipinski definition) is 1. The van der Waals surface area contributed by atoms with Crippen LogP contribution in [0.2, 0.25) is 0 Å². The third-order valence-corrected chi connectivity index (χ3v) is 6.22. The van der Waals surface area contributed by atoms with Crippen molar-refractivity contribution in [3.63, 3.8) is 0 Å². The van der Waals surface area contributed by atoms with Crippen molar-refractivity contribution in [1.29, 1.82) is 0 Å². The van der Waals surface area contributed by atoms with Crippen LogP contribution in [0.1, 0.15) is 9.49 Å². The van der Waals surface area contributed by atoms with Gasteiger partial charge in [-0.1, -0.05) is 22.6 Å². The SMILES string of the molecule is COc1cc(C(I)CNS(=O)(=O)c2ccc(F)cc2)cc2c1OCO2. The second-order valence-corrected chi connectivity index (χ2v) is 8.50. The molecule has 2 aromatic carbocycles. The molecule has 3 rings (SSSR count). The summed E-state index contributed by atoms with van der Waals surface area (Å²) in [7, 11) is -2.19. The van der Waals surface area contributed by atoms with E-state index in [4.69, 9.17) is 14.2 Å². The molecule has 1 heterocycles. The van der Waals surface area contributed by atoms with Gasteiger partial charge in [-0.25, -0.2) is 17.5 Å². The third kappa shape index (κ3) is 3.98. The maximum Gasteiger partial charge on any atom is 0.240 e. The molecule has 1 aliphatic rings. The highest BCUT2D eigenvalue weighted by molar-refractivity contribution is 14.1. The molecule has 1 N–H and O–H groups in total. The van der Waals surface area contributed by atoms with Gasteiger partial charge in [0, 0.05) is 10.5 Å². The van der Waals surface area contributed by atoms with Crippen molar-refractivity contribution in [3.8, 4) is 17.2 Å². The normalized spacial score (nSPS) is 14.4. The average molecular weight is 479 g/mol. The van der Waals surface area contributed by atoms with Crippen molar-refractivity contribution in [3.05, 3.63) is 47.8 Å². The second-order valence-electron chi connectivity index (χ2n) is 5.23. The molecule has 0 aliphatic carbocycles. The molecule has 1 aliphatic heterocycles. The summed E-state index contributed by atoms with van der Waals surface area (Å²) in [5.41, 5.74) is 0.837.